The summed E-state index contributed by atoms with van der Waals surface area (Å²) in [6.07, 6.45) is 0. The van der Waals surface area contributed by atoms with Gasteiger partial charge in [-0.1, -0.05) is 0 Å². The van der Waals surface area contributed by atoms with Crippen LogP contribution in [0.5, 0.6) is 0 Å². The van der Waals surface area contributed by atoms with Crippen LogP contribution in [0.2, 0.25) is 0 Å². The van der Waals surface area contributed by atoms with Crippen LogP contribution in [0.25, 0.3) is 0 Å². The molecule has 0 atom stereocenters. The highest BCUT2D eigenvalue weighted by atomic mass is 14.8. The minimum Gasteiger partial charge on any atom is -0.388 e. The maximum atomic E-state index is 8.56. The standard InChI is InChI=1S/C9H10N2/c1-7-5-8(6-10)3-4-9(7)11-2/h3-5,11H,1-2H3. The van der Waals surface area contributed by atoms with Gasteiger partial charge in [-0.3, -0.25) is 0 Å². The average Bonchev–Trinajstić information content (AvgIpc) is 2.04. The van der Waals surface area contributed by atoms with Crippen LogP contribution in [0.15, 0.2) is 18.2 Å². The Bertz CT molecular complexity index is 297. The quantitative estimate of drug-likeness (QED) is 0.656. The highest BCUT2D eigenvalue weighted by Crippen LogP contribution is 2.14. The zero-order valence-electron chi connectivity index (χ0n) is 6.68. The number of anilines is 1. The summed E-state index contributed by atoms with van der Waals surface area (Å²) >= 11 is 0. The Balaban J connectivity index is 3.12. The lowest BCUT2D eigenvalue weighted by Crippen LogP contribution is -1.91. The lowest BCUT2D eigenvalue weighted by atomic mass is 10.1. The van der Waals surface area contributed by atoms with E-state index in [1.54, 1.807) is 6.07 Å². The summed E-state index contributed by atoms with van der Waals surface area (Å²) in [4.78, 5) is 0. The monoisotopic (exact) mass is 146 g/mol. The Hall–Kier alpha value is -1.49. The third-order valence-corrected chi connectivity index (χ3v) is 1.62. The van der Waals surface area contributed by atoms with Crippen LogP contribution < -0.4 is 5.32 Å². The Labute approximate surface area is 66.5 Å². The lowest BCUT2D eigenvalue weighted by Gasteiger charge is -2.03. The van der Waals surface area contributed by atoms with Gasteiger partial charge in [0.25, 0.3) is 0 Å². The minimum absolute atomic E-state index is 0.710. The Morgan fingerprint density at radius 2 is 2.18 bits per heavy atom. The van der Waals surface area contributed by atoms with Crippen molar-refractivity contribution >= 4 is 5.69 Å². The Kier molecular flexibility index (Phi) is 2.12. The van der Waals surface area contributed by atoms with Gasteiger partial charge < -0.3 is 5.32 Å². The van der Waals surface area contributed by atoms with E-state index in [0.29, 0.717) is 5.56 Å². The van der Waals surface area contributed by atoms with Crippen molar-refractivity contribution in [3.63, 3.8) is 0 Å². The summed E-state index contributed by atoms with van der Waals surface area (Å²) < 4.78 is 0. The minimum atomic E-state index is 0.710. The SMILES string of the molecule is CNc1ccc(C#N)cc1C. The summed E-state index contributed by atoms with van der Waals surface area (Å²) in [5, 5.41) is 11.6. The molecule has 0 spiro atoms. The van der Waals surface area contributed by atoms with E-state index in [2.05, 4.69) is 11.4 Å². The van der Waals surface area contributed by atoms with Crippen LogP contribution in [0.1, 0.15) is 11.1 Å². The smallest absolute Gasteiger partial charge is 0.0991 e. The molecule has 1 N–H and O–H groups in total. The zero-order valence-corrected chi connectivity index (χ0v) is 6.68. The molecule has 11 heavy (non-hydrogen) atoms. The fourth-order valence-corrected chi connectivity index (χ4v) is 1.01. The van der Waals surface area contributed by atoms with Gasteiger partial charge in [0.05, 0.1) is 11.6 Å². The lowest BCUT2D eigenvalue weighted by molar-refractivity contribution is 1.38. The van der Waals surface area contributed by atoms with E-state index < -0.39 is 0 Å². The predicted molar refractivity (Wildman–Crippen MR) is 45.4 cm³/mol. The Morgan fingerprint density at radius 3 is 2.64 bits per heavy atom. The number of aryl methyl sites for hydroxylation is 1. The summed E-state index contributed by atoms with van der Waals surface area (Å²) in [5.74, 6) is 0. The van der Waals surface area contributed by atoms with Crippen LogP contribution >= 0.6 is 0 Å². The number of hydrogen-bond donors (Lipinski definition) is 1. The van der Waals surface area contributed by atoms with Gasteiger partial charge in [-0.2, -0.15) is 5.26 Å². The molecule has 0 saturated heterocycles. The molecule has 0 amide bonds. The summed E-state index contributed by atoms with van der Waals surface area (Å²) in [7, 11) is 1.87. The van der Waals surface area contributed by atoms with Crippen LogP contribution in [-0.2, 0) is 0 Å². The highest BCUT2D eigenvalue weighted by molar-refractivity contribution is 5.53. The van der Waals surface area contributed by atoms with E-state index in [-0.39, 0.29) is 0 Å². The third kappa shape index (κ3) is 1.50. The first-order valence-electron chi connectivity index (χ1n) is 3.46. The fraction of sp³-hybridized carbons (Fsp3) is 0.222. The van der Waals surface area contributed by atoms with Crippen molar-refractivity contribution in [1.29, 1.82) is 5.26 Å². The van der Waals surface area contributed by atoms with Gasteiger partial charge in [-0.25, -0.2) is 0 Å². The normalized spacial score (nSPS) is 8.82. The fourth-order valence-electron chi connectivity index (χ4n) is 1.01. The first-order valence-corrected chi connectivity index (χ1v) is 3.46. The van der Waals surface area contributed by atoms with Crippen molar-refractivity contribution in [3.8, 4) is 6.07 Å². The molecule has 2 nitrogen and oxygen atoms in total. The van der Waals surface area contributed by atoms with Crippen LogP contribution in [0.3, 0.4) is 0 Å². The molecular weight excluding hydrogens is 136 g/mol. The van der Waals surface area contributed by atoms with Crippen molar-refractivity contribution in [1.82, 2.24) is 0 Å². The van der Waals surface area contributed by atoms with Gasteiger partial charge in [-0.05, 0) is 30.7 Å². The molecule has 2 heteroatoms. The van der Waals surface area contributed by atoms with E-state index in [4.69, 9.17) is 5.26 Å². The van der Waals surface area contributed by atoms with Crippen molar-refractivity contribution < 1.29 is 0 Å². The molecule has 0 bridgehead atoms. The molecule has 0 aliphatic carbocycles. The second kappa shape index (κ2) is 3.07. The Morgan fingerprint density at radius 1 is 1.45 bits per heavy atom. The molecule has 0 saturated carbocycles. The van der Waals surface area contributed by atoms with Gasteiger partial charge in [0.15, 0.2) is 0 Å². The molecule has 0 unspecified atom stereocenters. The molecule has 56 valence electrons. The van der Waals surface area contributed by atoms with Crippen LogP contribution in [-0.4, -0.2) is 7.05 Å². The average molecular weight is 146 g/mol. The maximum absolute atomic E-state index is 8.56. The van der Waals surface area contributed by atoms with Gasteiger partial charge in [0, 0.05) is 12.7 Å². The van der Waals surface area contributed by atoms with Crippen LogP contribution in [0.4, 0.5) is 5.69 Å². The maximum Gasteiger partial charge on any atom is 0.0991 e. The third-order valence-electron chi connectivity index (χ3n) is 1.62. The van der Waals surface area contributed by atoms with Crippen molar-refractivity contribution in [2.24, 2.45) is 0 Å². The number of hydrogen-bond acceptors (Lipinski definition) is 2. The number of rotatable bonds is 1. The molecule has 1 rings (SSSR count). The van der Waals surface area contributed by atoms with E-state index in [1.807, 2.05) is 26.1 Å². The summed E-state index contributed by atoms with van der Waals surface area (Å²) in [6.45, 7) is 1.98. The topological polar surface area (TPSA) is 35.8 Å². The number of benzene rings is 1. The zero-order chi connectivity index (χ0) is 8.27. The van der Waals surface area contributed by atoms with Crippen molar-refractivity contribution in [2.75, 3.05) is 12.4 Å². The van der Waals surface area contributed by atoms with E-state index in [0.717, 1.165) is 11.3 Å². The second-order valence-corrected chi connectivity index (χ2v) is 2.39. The number of nitriles is 1. The van der Waals surface area contributed by atoms with Gasteiger partial charge in [0.2, 0.25) is 0 Å². The molecule has 1 aromatic rings. The number of nitrogens with zero attached hydrogens (tertiary/aromatic N) is 1. The molecular formula is C9H10N2. The first kappa shape index (κ1) is 7.62. The first-order chi connectivity index (χ1) is 5.27. The van der Waals surface area contributed by atoms with E-state index in [1.165, 1.54) is 0 Å². The van der Waals surface area contributed by atoms with E-state index >= 15 is 0 Å². The van der Waals surface area contributed by atoms with Gasteiger partial charge in [0.1, 0.15) is 0 Å². The second-order valence-electron chi connectivity index (χ2n) is 2.39. The molecule has 0 fully saturated rings. The molecule has 1 aromatic carbocycles. The molecule has 0 aliphatic rings. The van der Waals surface area contributed by atoms with Crippen molar-refractivity contribution in [2.45, 2.75) is 6.92 Å². The van der Waals surface area contributed by atoms with Crippen molar-refractivity contribution in [3.05, 3.63) is 29.3 Å². The molecule has 0 radical (unpaired) electrons. The predicted octanol–water partition coefficient (Wildman–Crippen LogP) is 1.91. The van der Waals surface area contributed by atoms with Gasteiger partial charge in [-0.15, -0.1) is 0 Å². The van der Waals surface area contributed by atoms with Crippen LogP contribution in [0, 0.1) is 18.3 Å². The molecule has 0 aromatic heterocycles. The molecule has 0 aliphatic heterocycles. The highest BCUT2D eigenvalue weighted by Gasteiger charge is 1.95. The summed E-state index contributed by atoms with van der Waals surface area (Å²) in [6, 6.07) is 7.67. The largest absolute Gasteiger partial charge is 0.388 e. The van der Waals surface area contributed by atoms with Gasteiger partial charge >= 0.3 is 0 Å². The van der Waals surface area contributed by atoms with E-state index in [9.17, 15) is 0 Å². The summed E-state index contributed by atoms with van der Waals surface area (Å²) in [5.41, 5.74) is 2.89. The molecule has 0 heterocycles. The number of nitrogens with one attached hydrogen (secondary N) is 1.